The Labute approximate surface area is 152 Å². The number of nitrogens with one attached hydrogen (secondary N) is 1. The molecule has 0 aromatic rings. The second-order valence-electron chi connectivity index (χ2n) is 7.90. The van der Waals surface area contributed by atoms with Crippen molar-refractivity contribution in [1.82, 2.24) is 10.2 Å². The molecule has 24 heavy (non-hydrogen) atoms. The Balaban J connectivity index is 0.00000185. The first kappa shape index (κ1) is 21.6. The molecule has 1 aliphatic carbocycles. The van der Waals surface area contributed by atoms with Crippen molar-refractivity contribution in [3.05, 3.63) is 0 Å². The van der Waals surface area contributed by atoms with Crippen LogP contribution in [0.4, 0.5) is 0 Å². The summed E-state index contributed by atoms with van der Waals surface area (Å²) in [6.45, 7) is 15.4. The molecule has 2 aliphatic rings. The number of ketones is 1. The number of hydrogen-bond acceptors (Lipinski definition) is 3. The zero-order valence-electron chi connectivity index (χ0n) is 17.0. The van der Waals surface area contributed by atoms with Gasteiger partial charge in [0.1, 0.15) is 5.78 Å². The highest BCUT2D eigenvalue weighted by molar-refractivity contribution is 5.80. The van der Waals surface area contributed by atoms with Crippen LogP contribution in [-0.4, -0.2) is 42.9 Å². The second-order valence-corrected chi connectivity index (χ2v) is 7.90. The van der Waals surface area contributed by atoms with Crippen molar-refractivity contribution in [3.63, 3.8) is 0 Å². The highest BCUT2D eigenvalue weighted by Gasteiger charge is 2.38. The van der Waals surface area contributed by atoms with Crippen LogP contribution in [0.3, 0.4) is 0 Å². The molecule has 1 heterocycles. The predicted molar refractivity (Wildman–Crippen MR) is 107 cm³/mol. The average Bonchev–Trinajstić information content (AvgIpc) is 2.62. The van der Waals surface area contributed by atoms with Crippen molar-refractivity contribution < 1.29 is 6.22 Å². The van der Waals surface area contributed by atoms with Crippen molar-refractivity contribution in [2.75, 3.05) is 26.2 Å². The molecule has 1 saturated carbocycles. The fourth-order valence-corrected chi connectivity index (χ4v) is 4.29. The van der Waals surface area contributed by atoms with Gasteiger partial charge in [0.25, 0.3) is 0 Å². The zero-order valence-corrected chi connectivity index (χ0v) is 17.0. The van der Waals surface area contributed by atoms with Gasteiger partial charge in [-0.25, -0.2) is 0 Å². The Morgan fingerprint density at radius 1 is 1.17 bits per heavy atom. The summed E-state index contributed by atoms with van der Waals surface area (Å²) < 4.78 is 0. The number of piperidine rings is 1. The summed E-state index contributed by atoms with van der Waals surface area (Å²) >= 11 is 0. The first-order valence-corrected chi connectivity index (χ1v) is 10.5. The maximum atomic E-state index is 11.9. The van der Waals surface area contributed by atoms with Crippen molar-refractivity contribution >= 4 is 5.78 Å². The van der Waals surface area contributed by atoms with E-state index >= 15 is 0 Å². The molecule has 3 heteroatoms. The lowest BCUT2D eigenvalue weighted by molar-refractivity contribution is -0.124. The minimum atomic E-state index is 0. The van der Waals surface area contributed by atoms with Gasteiger partial charge >= 0.3 is 0 Å². The van der Waals surface area contributed by atoms with Crippen LogP contribution in [0, 0.1) is 11.3 Å². The molecule has 0 atom stereocenters. The van der Waals surface area contributed by atoms with Crippen molar-refractivity contribution in [3.8, 4) is 0 Å². The number of carbonyl (C=O) groups excluding carboxylic acids is 1. The molecule has 0 amide bonds. The van der Waals surface area contributed by atoms with Gasteiger partial charge in [-0.3, -0.25) is 4.79 Å². The lowest BCUT2D eigenvalue weighted by Gasteiger charge is -2.46. The van der Waals surface area contributed by atoms with E-state index in [2.05, 4.69) is 24.1 Å². The average molecular weight is 341 g/mol. The van der Waals surface area contributed by atoms with Gasteiger partial charge in [0, 0.05) is 19.8 Å². The number of Topliss-reactive ketones (excluding diaryl/α,β-unsaturated/α-hetero) is 1. The van der Waals surface area contributed by atoms with E-state index in [1.807, 2.05) is 20.8 Å². The summed E-state index contributed by atoms with van der Waals surface area (Å²) in [7, 11) is 0. The molecule has 144 valence electrons. The van der Waals surface area contributed by atoms with Gasteiger partial charge in [-0.1, -0.05) is 34.6 Å². The quantitative estimate of drug-likeness (QED) is 0.669. The van der Waals surface area contributed by atoms with E-state index in [1.54, 1.807) is 0 Å². The molecule has 0 unspecified atom stereocenters. The molecule has 1 aliphatic heterocycles. The highest BCUT2D eigenvalue weighted by Crippen LogP contribution is 2.46. The fourth-order valence-electron chi connectivity index (χ4n) is 4.29. The number of carbonyl (C=O) groups is 1. The first-order valence-electron chi connectivity index (χ1n) is 10.5. The van der Waals surface area contributed by atoms with Crippen LogP contribution in [0.1, 0.15) is 87.4 Å². The zero-order chi connectivity index (χ0) is 18.0. The van der Waals surface area contributed by atoms with Crippen LogP contribution in [0.2, 0.25) is 0 Å². The number of hydrogen-bond donors (Lipinski definition) is 1. The van der Waals surface area contributed by atoms with Gasteiger partial charge in [0.2, 0.25) is 0 Å². The molecule has 1 N–H and O–H groups in total. The molecule has 3 nitrogen and oxygen atoms in total. The topological polar surface area (TPSA) is 32.3 Å². The number of nitrogens with zero attached hydrogens (tertiary/aromatic N) is 1. The third kappa shape index (κ3) is 6.84. The van der Waals surface area contributed by atoms with E-state index in [9.17, 15) is 4.79 Å². The van der Waals surface area contributed by atoms with E-state index in [-0.39, 0.29) is 1.43 Å². The van der Waals surface area contributed by atoms with Crippen LogP contribution in [-0.2, 0) is 4.79 Å². The summed E-state index contributed by atoms with van der Waals surface area (Å²) in [4.78, 5) is 14.5. The summed E-state index contributed by atoms with van der Waals surface area (Å²) in [5.74, 6) is 0.890. The minimum Gasteiger partial charge on any atom is -0.314 e. The Morgan fingerprint density at radius 2 is 1.75 bits per heavy atom. The Hall–Kier alpha value is -0.410. The highest BCUT2D eigenvalue weighted by atomic mass is 16.1. The first-order chi connectivity index (χ1) is 11.5. The summed E-state index contributed by atoms with van der Waals surface area (Å²) in [6, 6.07) is 0.602. The molecular formula is C21H44N2O. The smallest absolute Gasteiger partial charge is 0.135 e. The molecule has 0 aromatic carbocycles. The van der Waals surface area contributed by atoms with E-state index in [0.29, 0.717) is 23.2 Å². The molecule has 0 bridgehead atoms. The predicted octanol–water partition coefficient (Wildman–Crippen LogP) is 4.90. The van der Waals surface area contributed by atoms with Gasteiger partial charge in [-0.2, -0.15) is 0 Å². The van der Waals surface area contributed by atoms with Crippen molar-refractivity contribution in [2.24, 2.45) is 11.3 Å². The molecule has 0 aromatic heterocycles. The maximum absolute atomic E-state index is 11.9. The maximum Gasteiger partial charge on any atom is 0.135 e. The van der Waals surface area contributed by atoms with Crippen LogP contribution in [0.15, 0.2) is 0 Å². The van der Waals surface area contributed by atoms with Gasteiger partial charge in [0.15, 0.2) is 0 Å². The number of rotatable bonds is 7. The van der Waals surface area contributed by atoms with Crippen LogP contribution < -0.4 is 5.32 Å². The van der Waals surface area contributed by atoms with Gasteiger partial charge in [0.05, 0.1) is 0 Å². The lowest BCUT2D eigenvalue weighted by atomic mass is 9.65. The summed E-state index contributed by atoms with van der Waals surface area (Å²) in [5.41, 5.74) is 0.581. The standard InChI is InChI=1S/C19H36N2O.C2H6.H2/c1-4-18(22)17-6-8-19(9-7-17)10-14-21(15-11-19)13-5-12-20-16(2)3;1-2;/h16-17,20H,4-15H2,1-3H3;1-2H3;1H. The molecular weight excluding hydrogens is 296 g/mol. The van der Waals surface area contributed by atoms with Crippen LogP contribution in [0.25, 0.3) is 0 Å². The summed E-state index contributed by atoms with van der Waals surface area (Å²) in [6.07, 6.45) is 9.62. The Morgan fingerprint density at radius 3 is 2.25 bits per heavy atom. The Bertz CT molecular complexity index is 342. The normalized spacial score (nSPS) is 21.6. The monoisotopic (exact) mass is 340 g/mol. The van der Waals surface area contributed by atoms with E-state index in [4.69, 9.17) is 0 Å². The largest absolute Gasteiger partial charge is 0.314 e. The SMILES string of the molecule is CC.CCC(=O)C1CCC2(CC1)CCN(CCCNC(C)C)CC2.[HH]. The lowest BCUT2D eigenvalue weighted by Crippen LogP contribution is -2.43. The van der Waals surface area contributed by atoms with E-state index < -0.39 is 0 Å². The summed E-state index contributed by atoms with van der Waals surface area (Å²) in [5, 5.41) is 3.50. The molecule has 2 fully saturated rings. The fraction of sp³-hybridized carbons (Fsp3) is 0.952. The van der Waals surface area contributed by atoms with Gasteiger partial charge < -0.3 is 10.2 Å². The van der Waals surface area contributed by atoms with Crippen LogP contribution in [0.5, 0.6) is 0 Å². The van der Waals surface area contributed by atoms with Crippen molar-refractivity contribution in [2.45, 2.75) is 92.0 Å². The number of likely N-dealkylation sites (tertiary alicyclic amines) is 1. The molecule has 2 rings (SSSR count). The van der Waals surface area contributed by atoms with Crippen molar-refractivity contribution in [1.29, 1.82) is 0 Å². The Kier molecular flexibility index (Phi) is 10.1. The molecule has 1 spiro atoms. The van der Waals surface area contributed by atoms with Crippen LogP contribution >= 0.6 is 0 Å². The third-order valence-corrected chi connectivity index (χ3v) is 5.97. The van der Waals surface area contributed by atoms with E-state index in [1.165, 1.54) is 51.7 Å². The van der Waals surface area contributed by atoms with E-state index in [0.717, 1.165) is 25.8 Å². The molecule has 0 radical (unpaired) electrons. The van der Waals surface area contributed by atoms with Gasteiger partial charge in [-0.15, -0.1) is 0 Å². The second kappa shape index (κ2) is 11.3. The molecule has 1 saturated heterocycles. The van der Waals surface area contributed by atoms with Gasteiger partial charge in [-0.05, 0) is 76.5 Å². The third-order valence-electron chi connectivity index (χ3n) is 5.97. The minimum absolute atomic E-state index is 0.